The SMILES string of the molecule is CC.CC1(C)C2CN(c3ccc(N=C4C=CC(N5CCCCCC5)=CC4)c([SH2+])c3)CC21. The largest absolute Gasteiger partial charge is 0.372 e. The van der Waals surface area contributed by atoms with Gasteiger partial charge in [0.05, 0.1) is 0 Å². The lowest BCUT2D eigenvalue weighted by atomic mass is 10.1. The second-order valence-electron chi connectivity index (χ2n) is 9.81. The molecular formula is C27H40N3S+. The lowest BCUT2D eigenvalue weighted by Gasteiger charge is -2.25. The molecule has 0 aromatic heterocycles. The molecule has 2 saturated heterocycles. The number of hydrogen-bond acceptors (Lipinski definition) is 3. The number of allylic oxidation sites excluding steroid dienone is 3. The van der Waals surface area contributed by atoms with Crippen molar-refractivity contribution in [1.82, 2.24) is 4.90 Å². The zero-order chi connectivity index (χ0) is 22.0. The van der Waals surface area contributed by atoms with Gasteiger partial charge in [0.2, 0.25) is 0 Å². The minimum absolute atomic E-state index is 0.562. The lowest BCUT2D eigenvalue weighted by molar-refractivity contribution is 0.368. The van der Waals surface area contributed by atoms with Gasteiger partial charge in [0.15, 0.2) is 4.90 Å². The average Bonchev–Trinajstić information content (AvgIpc) is 3.12. The van der Waals surface area contributed by atoms with Gasteiger partial charge in [-0.15, -0.1) is 0 Å². The van der Waals surface area contributed by atoms with Crippen LogP contribution in [0.2, 0.25) is 0 Å². The second kappa shape index (κ2) is 9.44. The highest BCUT2D eigenvalue weighted by Crippen LogP contribution is 2.62. The Labute approximate surface area is 194 Å². The van der Waals surface area contributed by atoms with Crippen LogP contribution in [0.1, 0.15) is 59.8 Å². The predicted molar refractivity (Wildman–Crippen MR) is 138 cm³/mol. The molecule has 3 nitrogen and oxygen atoms in total. The molecule has 4 aliphatic rings. The average molecular weight is 439 g/mol. The highest BCUT2D eigenvalue weighted by molar-refractivity contribution is 7.59. The summed E-state index contributed by atoms with van der Waals surface area (Å²) in [5.41, 5.74) is 5.44. The molecule has 3 fully saturated rings. The molecule has 5 rings (SSSR count). The number of hydrogen-bond donors (Lipinski definition) is 0. The topological polar surface area (TPSA) is 18.8 Å². The molecule has 1 aromatic carbocycles. The van der Waals surface area contributed by atoms with Gasteiger partial charge in [-0.1, -0.05) is 46.6 Å². The van der Waals surface area contributed by atoms with Crippen LogP contribution in [-0.4, -0.2) is 36.8 Å². The molecule has 1 aromatic rings. The monoisotopic (exact) mass is 438 g/mol. The lowest BCUT2D eigenvalue weighted by Crippen LogP contribution is -2.26. The van der Waals surface area contributed by atoms with Gasteiger partial charge in [-0.3, -0.25) is 0 Å². The molecule has 2 atom stereocenters. The van der Waals surface area contributed by atoms with Gasteiger partial charge in [0.25, 0.3) is 0 Å². The molecule has 0 N–H and O–H groups in total. The molecule has 2 aliphatic carbocycles. The number of nitrogens with zero attached hydrogens (tertiary/aromatic N) is 3. The highest BCUT2D eigenvalue weighted by Gasteiger charge is 2.61. The zero-order valence-electron chi connectivity index (χ0n) is 19.8. The number of rotatable bonds is 3. The minimum atomic E-state index is 0.562. The Balaban J connectivity index is 0.00000112. The molecule has 2 heterocycles. The first kappa shape index (κ1) is 22.5. The van der Waals surface area contributed by atoms with E-state index >= 15 is 0 Å². The van der Waals surface area contributed by atoms with E-state index in [0.717, 1.165) is 34.6 Å². The fourth-order valence-corrected chi connectivity index (χ4v) is 5.78. The smallest absolute Gasteiger partial charge is 0.178 e. The quantitative estimate of drug-likeness (QED) is 0.542. The summed E-state index contributed by atoms with van der Waals surface area (Å²) < 4.78 is 0. The van der Waals surface area contributed by atoms with Crippen LogP contribution in [0.5, 0.6) is 0 Å². The van der Waals surface area contributed by atoms with Crippen LogP contribution in [0.3, 0.4) is 0 Å². The van der Waals surface area contributed by atoms with Crippen LogP contribution in [-0.2, 0) is 12.6 Å². The van der Waals surface area contributed by atoms with Crippen LogP contribution in [0, 0.1) is 17.3 Å². The van der Waals surface area contributed by atoms with Crippen LogP contribution in [0.4, 0.5) is 11.4 Å². The van der Waals surface area contributed by atoms with E-state index in [4.69, 9.17) is 4.99 Å². The maximum absolute atomic E-state index is 4.93. The summed E-state index contributed by atoms with van der Waals surface area (Å²) in [6.07, 6.45) is 13.1. The maximum atomic E-state index is 4.93. The van der Waals surface area contributed by atoms with Crippen molar-refractivity contribution in [3.63, 3.8) is 0 Å². The van der Waals surface area contributed by atoms with Crippen molar-refractivity contribution in [2.45, 2.75) is 64.7 Å². The van der Waals surface area contributed by atoms with E-state index in [1.165, 1.54) is 63.2 Å². The molecule has 4 heteroatoms. The number of fused-ring (bicyclic) bond motifs is 1. The Hall–Kier alpha value is -1.68. The van der Waals surface area contributed by atoms with E-state index in [9.17, 15) is 0 Å². The van der Waals surface area contributed by atoms with Crippen molar-refractivity contribution in [3.05, 3.63) is 42.1 Å². The van der Waals surface area contributed by atoms with Crippen molar-refractivity contribution < 1.29 is 0 Å². The summed E-state index contributed by atoms with van der Waals surface area (Å²) in [7, 11) is 0. The van der Waals surface area contributed by atoms with E-state index in [0.29, 0.717) is 5.41 Å². The van der Waals surface area contributed by atoms with E-state index in [1.807, 2.05) is 13.8 Å². The first-order valence-corrected chi connectivity index (χ1v) is 12.8. The fourth-order valence-electron chi connectivity index (χ4n) is 5.49. The number of anilines is 1. The van der Waals surface area contributed by atoms with E-state index in [2.05, 4.69) is 72.7 Å². The molecule has 1 saturated carbocycles. The summed E-state index contributed by atoms with van der Waals surface area (Å²) >= 11 is 3.83. The summed E-state index contributed by atoms with van der Waals surface area (Å²) in [4.78, 5) is 11.1. The number of likely N-dealkylation sites (tertiary alicyclic amines) is 1. The molecule has 0 bridgehead atoms. The third-order valence-electron chi connectivity index (χ3n) is 7.67. The second-order valence-corrected chi connectivity index (χ2v) is 10.4. The fraction of sp³-hybridized carbons (Fsp3) is 0.593. The summed E-state index contributed by atoms with van der Waals surface area (Å²) in [6.45, 7) is 13.6. The molecule has 0 radical (unpaired) electrons. The van der Waals surface area contributed by atoms with Gasteiger partial charge in [-0.2, -0.15) is 0 Å². The molecule has 2 unspecified atom stereocenters. The molecule has 31 heavy (non-hydrogen) atoms. The van der Waals surface area contributed by atoms with Gasteiger partial charge in [-0.25, -0.2) is 4.99 Å². The number of benzene rings is 1. The zero-order valence-corrected chi connectivity index (χ0v) is 20.8. The summed E-state index contributed by atoms with van der Waals surface area (Å²) in [5, 5.41) is 0. The van der Waals surface area contributed by atoms with E-state index in [1.54, 1.807) is 0 Å². The number of piperidine rings is 1. The molecule has 0 spiro atoms. The summed E-state index contributed by atoms with van der Waals surface area (Å²) in [6, 6.07) is 6.66. The van der Waals surface area contributed by atoms with Crippen molar-refractivity contribution in [1.29, 1.82) is 0 Å². The van der Waals surface area contributed by atoms with Crippen molar-refractivity contribution in [2.75, 3.05) is 31.1 Å². The molecular weight excluding hydrogens is 398 g/mol. The first-order chi connectivity index (χ1) is 15.0. The molecule has 0 amide bonds. The van der Waals surface area contributed by atoms with Gasteiger partial charge < -0.3 is 9.80 Å². The number of aliphatic imine (C=N–C) groups is 1. The molecule has 2 aliphatic heterocycles. The molecule has 168 valence electrons. The van der Waals surface area contributed by atoms with E-state index in [-0.39, 0.29) is 0 Å². The van der Waals surface area contributed by atoms with E-state index < -0.39 is 0 Å². The van der Waals surface area contributed by atoms with Crippen molar-refractivity contribution >= 4 is 29.7 Å². The van der Waals surface area contributed by atoms with Crippen LogP contribution < -0.4 is 4.90 Å². The van der Waals surface area contributed by atoms with Gasteiger partial charge in [-0.05, 0) is 67.0 Å². The Kier molecular flexibility index (Phi) is 6.86. The Morgan fingerprint density at radius 2 is 1.61 bits per heavy atom. The predicted octanol–water partition coefficient (Wildman–Crippen LogP) is 5.97. The third kappa shape index (κ3) is 4.74. The van der Waals surface area contributed by atoms with Crippen molar-refractivity contribution in [3.8, 4) is 0 Å². The normalized spacial score (nSPS) is 27.9. The van der Waals surface area contributed by atoms with Crippen LogP contribution in [0.15, 0.2) is 52.0 Å². The van der Waals surface area contributed by atoms with Crippen molar-refractivity contribution in [2.24, 2.45) is 22.2 Å². The van der Waals surface area contributed by atoms with Gasteiger partial charge in [0.1, 0.15) is 5.69 Å². The Morgan fingerprint density at radius 3 is 2.19 bits per heavy atom. The van der Waals surface area contributed by atoms with Gasteiger partial charge in [0, 0.05) is 55.8 Å². The standard InChI is InChI=1S/C25H33N3S.C2H6/c1-25(2)21-16-28(17-22(21)25)20-11-12-23(24(29)15-20)26-18-7-9-19(10-8-18)27-13-5-3-4-6-14-27;1-2/h7,9-12,15,21-22,29H,3-6,8,13-14,16-17H2,1-2H3;1-2H3/p+1. The maximum Gasteiger partial charge on any atom is 0.178 e. The Morgan fingerprint density at radius 1 is 0.935 bits per heavy atom. The van der Waals surface area contributed by atoms with Gasteiger partial charge >= 0.3 is 0 Å². The van der Waals surface area contributed by atoms with Crippen LogP contribution in [0.25, 0.3) is 0 Å². The first-order valence-electron chi connectivity index (χ1n) is 12.3. The van der Waals surface area contributed by atoms with Crippen LogP contribution >= 0.6 is 0 Å². The third-order valence-corrected chi connectivity index (χ3v) is 8.07. The minimum Gasteiger partial charge on any atom is -0.372 e. The highest BCUT2D eigenvalue weighted by atomic mass is 32.1. The Bertz CT molecular complexity index is 860. The summed E-state index contributed by atoms with van der Waals surface area (Å²) in [5.74, 6) is 1.75.